The van der Waals surface area contributed by atoms with Crippen molar-refractivity contribution in [2.75, 3.05) is 16.7 Å². The summed E-state index contributed by atoms with van der Waals surface area (Å²) < 4.78 is 25.2. The molecule has 0 radical (unpaired) electrons. The van der Waals surface area contributed by atoms with Crippen LogP contribution < -0.4 is 10.5 Å². The maximum atomic E-state index is 11.1. The van der Waals surface area contributed by atoms with Crippen LogP contribution in [0.2, 0.25) is 5.02 Å². The Morgan fingerprint density at radius 2 is 2.19 bits per heavy atom. The second-order valence-corrected chi connectivity index (χ2v) is 6.45. The van der Waals surface area contributed by atoms with Gasteiger partial charge in [0.15, 0.2) is 5.13 Å². The third kappa shape index (κ3) is 2.37. The van der Waals surface area contributed by atoms with E-state index in [1.165, 1.54) is 17.4 Å². The van der Waals surface area contributed by atoms with Crippen molar-refractivity contribution in [2.45, 2.75) is 0 Å². The van der Waals surface area contributed by atoms with E-state index >= 15 is 0 Å². The van der Waals surface area contributed by atoms with Gasteiger partial charge in [-0.15, -0.1) is 0 Å². The van der Waals surface area contributed by atoms with Crippen LogP contribution in [-0.4, -0.2) is 19.7 Å². The number of nitrogens with two attached hydrogens (primary N) is 1. The third-order valence-electron chi connectivity index (χ3n) is 1.77. The molecule has 0 bridgehead atoms. The fraction of sp³-hybridized carbons (Fsp3) is 0.125. The summed E-state index contributed by atoms with van der Waals surface area (Å²) in [6.45, 7) is 0. The zero-order valence-electron chi connectivity index (χ0n) is 8.19. The van der Waals surface area contributed by atoms with Crippen LogP contribution in [-0.2, 0) is 10.0 Å². The van der Waals surface area contributed by atoms with Crippen LogP contribution in [0, 0.1) is 0 Å². The minimum atomic E-state index is -3.31. The Morgan fingerprint density at radius 3 is 2.81 bits per heavy atom. The van der Waals surface area contributed by atoms with Crippen molar-refractivity contribution >= 4 is 54.0 Å². The molecule has 1 aromatic heterocycles. The number of rotatable bonds is 2. The molecular formula is C8H8ClN3O2S2. The maximum absolute atomic E-state index is 11.1. The standard InChI is InChI=1S/C8H8ClN3O2S2/c1-16(13,14)12-4-2-5(9)7-6(3-4)15-8(10)11-7/h2-3,12H,1H3,(H2,10,11). The van der Waals surface area contributed by atoms with Gasteiger partial charge in [-0.05, 0) is 12.1 Å². The molecule has 0 spiro atoms. The second kappa shape index (κ2) is 3.76. The van der Waals surface area contributed by atoms with Gasteiger partial charge in [-0.2, -0.15) is 0 Å². The van der Waals surface area contributed by atoms with Crippen LogP contribution in [0.1, 0.15) is 0 Å². The first kappa shape index (κ1) is 11.4. The van der Waals surface area contributed by atoms with Gasteiger partial charge in [0.1, 0.15) is 5.52 Å². The summed E-state index contributed by atoms with van der Waals surface area (Å²) in [5.41, 5.74) is 6.54. The maximum Gasteiger partial charge on any atom is 0.229 e. The van der Waals surface area contributed by atoms with E-state index in [9.17, 15) is 8.42 Å². The number of thiazole rings is 1. The first-order valence-corrected chi connectivity index (χ1v) is 7.27. The SMILES string of the molecule is CS(=O)(=O)Nc1cc(Cl)c2nc(N)sc2c1. The van der Waals surface area contributed by atoms with E-state index in [1.54, 1.807) is 6.07 Å². The normalized spacial score (nSPS) is 11.9. The number of sulfonamides is 1. The lowest BCUT2D eigenvalue weighted by molar-refractivity contribution is 0.607. The quantitative estimate of drug-likeness (QED) is 0.878. The van der Waals surface area contributed by atoms with E-state index in [-0.39, 0.29) is 0 Å². The molecule has 1 aromatic carbocycles. The lowest BCUT2D eigenvalue weighted by atomic mass is 10.3. The Labute approximate surface area is 101 Å². The lowest BCUT2D eigenvalue weighted by Crippen LogP contribution is -2.09. The average Bonchev–Trinajstić information content (AvgIpc) is 2.42. The van der Waals surface area contributed by atoms with Crippen molar-refractivity contribution in [2.24, 2.45) is 0 Å². The summed E-state index contributed by atoms with van der Waals surface area (Å²) >= 11 is 7.21. The summed E-state index contributed by atoms with van der Waals surface area (Å²) in [6.07, 6.45) is 1.08. The molecule has 0 unspecified atom stereocenters. The van der Waals surface area contributed by atoms with Crippen molar-refractivity contribution in [3.63, 3.8) is 0 Å². The highest BCUT2D eigenvalue weighted by Crippen LogP contribution is 2.32. The van der Waals surface area contributed by atoms with E-state index in [0.29, 0.717) is 21.4 Å². The van der Waals surface area contributed by atoms with Gasteiger partial charge in [-0.3, -0.25) is 4.72 Å². The molecule has 0 saturated heterocycles. The number of nitrogens with one attached hydrogen (secondary N) is 1. The fourth-order valence-corrected chi connectivity index (χ4v) is 2.94. The number of benzene rings is 1. The minimum absolute atomic E-state index is 0.372. The molecule has 2 rings (SSSR count). The Hall–Kier alpha value is -1.05. The number of aromatic nitrogens is 1. The molecule has 8 heteroatoms. The topological polar surface area (TPSA) is 85.1 Å². The summed E-state index contributed by atoms with van der Waals surface area (Å²) in [5.74, 6) is 0. The molecule has 0 amide bonds. The Morgan fingerprint density at radius 1 is 1.50 bits per heavy atom. The van der Waals surface area contributed by atoms with Crippen LogP contribution >= 0.6 is 22.9 Å². The number of halogens is 1. The highest BCUT2D eigenvalue weighted by Gasteiger charge is 2.09. The van der Waals surface area contributed by atoms with E-state index in [4.69, 9.17) is 17.3 Å². The van der Waals surface area contributed by atoms with Crippen LogP contribution in [0.4, 0.5) is 10.8 Å². The van der Waals surface area contributed by atoms with Gasteiger partial charge >= 0.3 is 0 Å². The first-order valence-electron chi connectivity index (χ1n) is 4.18. The highest BCUT2D eigenvalue weighted by molar-refractivity contribution is 7.92. The molecule has 1 heterocycles. The molecule has 86 valence electrons. The van der Waals surface area contributed by atoms with Gasteiger partial charge in [0.25, 0.3) is 0 Å². The molecule has 0 atom stereocenters. The Balaban J connectivity index is 2.57. The van der Waals surface area contributed by atoms with Gasteiger partial charge in [-0.1, -0.05) is 22.9 Å². The number of anilines is 2. The smallest absolute Gasteiger partial charge is 0.229 e. The summed E-state index contributed by atoms with van der Waals surface area (Å²) in [4.78, 5) is 4.04. The van der Waals surface area contributed by atoms with Crippen LogP contribution in [0.25, 0.3) is 10.2 Å². The van der Waals surface area contributed by atoms with E-state index in [0.717, 1.165) is 11.0 Å². The molecule has 16 heavy (non-hydrogen) atoms. The third-order valence-corrected chi connectivity index (χ3v) is 3.49. The van der Waals surface area contributed by atoms with Gasteiger partial charge in [0.2, 0.25) is 10.0 Å². The molecular weight excluding hydrogens is 270 g/mol. The zero-order chi connectivity index (χ0) is 11.9. The molecule has 0 aliphatic heterocycles. The van der Waals surface area contributed by atoms with Crippen molar-refractivity contribution < 1.29 is 8.42 Å². The number of hydrogen-bond acceptors (Lipinski definition) is 5. The first-order chi connectivity index (χ1) is 7.35. The number of nitrogens with zero attached hydrogens (tertiary/aromatic N) is 1. The van der Waals surface area contributed by atoms with Crippen molar-refractivity contribution in [3.05, 3.63) is 17.2 Å². The second-order valence-electron chi connectivity index (χ2n) is 3.23. The number of hydrogen-bond donors (Lipinski definition) is 2. The number of nitrogen functional groups attached to an aromatic ring is 1. The van der Waals surface area contributed by atoms with E-state index < -0.39 is 10.0 Å². The fourth-order valence-electron chi connectivity index (χ4n) is 1.28. The summed E-state index contributed by atoms with van der Waals surface area (Å²) in [5, 5.41) is 0.769. The van der Waals surface area contributed by atoms with Crippen molar-refractivity contribution in [1.29, 1.82) is 0 Å². The van der Waals surface area contributed by atoms with Crippen LogP contribution in [0.3, 0.4) is 0 Å². The lowest BCUT2D eigenvalue weighted by Gasteiger charge is -2.03. The highest BCUT2D eigenvalue weighted by atomic mass is 35.5. The monoisotopic (exact) mass is 277 g/mol. The summed E-state index contributed by atoms with van der Waals surface area (Å²) in [6, 6.07) is 3.15. The Bertz CT molecular complexity index is 651. The molecule has 0 aliphatic rings. The van der Waals surface area contributed by atoms with E-state index in [1.807, 2.05) is 0 Å². The van der Waals surface area contributed by atoms with Gasteiger partial charge < -0.3 is 5.73 Å². The molecule has 5 nitrogen and oxygen atoms in total. The number of fused-ring (bicyclic) bond motifs is 1. The van der Waals surface area contributed by atoms with Crippen molar-refractivity contribution in [3.8, 4) is 0 Å². The predicted molar refractivity (Wildman–Crippen MR) is 67.5 cm³/mol. The average molecular weight is 278 g/mol. The van der Waals surface area contributed by atoms with Crippen molar-refractivity contribution in [1.82, 2.24) is 4.98 Å². The zero-order valence-corrected chi connectivity index (χ0v) is 10.6. The molecule has 2 aromatic rings. The molecule has 0 saturated carbocycles. The van der Waals surface area contributed by atoms with Gasteiger partial charge in [0, 0.05) is 0 Å². The van der Waals surface area contributed by atoms with E-state index in [2.05, 4.69) is 9.71 Å². The van der Waals surface area contributed by atoms with Crippen LogP contribution in [0.5, 0.6) is 0 Å². The Kier molecular flexibility index (Phi) is 2.69. The predicted octanol–water partition coefficient (Wildman–Crippen LogP) is 1.90. The largest absolute Gasteiger partial charge is 0.375 e. The molecule has 0 fully saturated rings. The molecule has 0 aliphatic carbocycles. The summed E-state index contributed by atoms with van der Waals surface area (Å²) in [7, 11) is -3.31. The van der Waals surface area contributed by atoms with Crippen LogP contribution in [0.15, 0.2) is 12.1 Å². The van der Waals surface area contributed by atoms with Gasteiger partial charge in [-0.25, -0.2) is 13.4 Å². The minimum Gasteiger partial charge on any atom is -0.375 e. The van der Waals surface area contributed by atoms with Gasteiger partial charge in [0.05, 0.1) is 21.7 Å². The molecule has 3 N–H and O–H groups in total.